The van der Waals surface area contributed by atoms with Crippen molar-refractivity contribution in [2.75, 3.05) is 0 Å². The number of rotatable bonds is 6. The molecular weight excluding hydrogens is 132 g/mol. The van der Waals surface area contributed by atoms with E-state index in [1.54, 1.807) is 0 Å². The van der Waals surface area contributed by atoms with E-state index in [0.717, 1.165) is 11.8 Å². The fraction of sp³-hybridized carbons (Fsp3) is 0.818. The van der Waals surface area contributed by atoms with Crippen molar-refractivity contribution >= 4 is 0 Å². The Balaban J connectivity index is 1.93. The van der Waals surface area contributed by atoms with Crippen LogP contribution in [0.15, 0.2) is 12.7 Å². The van der Waals surface area contributed by atoms with Crippen LogP contribution in [0.25, 0.3) is 0 Å². The SMILES string of the molecule is C=CCC[C@@H]1C[C@@H]1CCCC. The second-order valence-corrected chi connectivity index (χ2v) is 3.76. The van der Waals surface area contributed by atoms with Crippen LogP contribution in [-0.4, -0.2) is 0 Å². The second kappa shape index (κ2) is 4.58. The topological polar surface area (TPSA) is 0 Å². The Morgan fingerprint density at radius 1 is 1.36 bits per heavy atom. The van der Waals surface area contributed by atoms with Gasteiger partial charge in [-0.25, -0.2) is 0 Å². The molecule has 0 nitrogen and oxygen atoms in total. The molecule has 0 aromatic carbocycles. The lowest BCUT2D eigenvalue weighted by atomic mass is 10.1. The summed E-state index contributed by atoms with van der Waals surface area (Å²) in [4.78, 5) is 0. The van der Waals surface area contributed by atoms with E-state index in [0.29, 0.717) is 0 Å². The molecule has 1 rings (SSSR count). The van der Waals surface area contributed by atoms with Crippen molar-refractivity contribution in [3.05, 3.63) is 12.7 Å². The summed E-state index contributed by atoms with van der Waals surface area (Å²) < 4.78 is 0. The number of unbranched alkanes of at least 4 members (excludes halogenated alkanes) is 1. The van der Waals surface area contributed by atoms with Crippen molar-refractivity contribution in [3.63, 3.8) is 0 Å². The van der Waals surface area contributed by atoms with Crippen molar-refractivity contribution in [2.24, 2.45) is 11.8 Å². The van der Waals surface area contributed by atoms with E-state index in [9.17, 15) is 0 Å². The Morgan fingerprint density at radius 2 is 2.09 bits per heavy atom. The maximum absolute atomic E-state index is 3.75. The Kier molecular flexibility index (Phi) is 3.68. The minimum Gasteiger partial charge on any atom is -0.103 e. The van der Waals surface area contributed by atoms with Gasteiger partial charge in [0.25, 0.3) is 0 Å². The fourth-order valence-corrected chi connectivity index (χ4v) is 1.82. The van der Waals surface area contributed by atoms with Crippen LogP contribution in [0.2, 0.25) is 0 Å². The summed E-state index contributed by atoms with van der Waals surface area (Å²) in [6, 6.07) is 0. The van der Waals surface area contributed by atoms with Gasteiger partial charge in [-0.1, -0.05) is 32.3 Å². The van der Waals surface area contributed by atoms with Crippen LogP contribution in [0.4, 0.5) is 0 Å². The first-order valence-electron chi connectivity index (χ1n) is 4.99. The highest BCUT2D eigenvalue weighted by atomic mass is 14.4. The van der Waals surface area contributed by atoms with Gasteiger partial charge in [0.15, 0.2) is 0 Å². The summed E-state index contributed by atoms with van der Waals surface area (Å²) >= 11 is 0. The van der Waals surface area contributed by atoms with Gasteiger partial charge < -0.3 is 0 Å². The third kappa shape index (κ3) is 3.09. The van der Waals surface area contributed by atoms with Gasteiger partial charge in [-0.2, -0.15) is 0 Å². The minimum atomic E-state index is 1.07. The van der Waals surface area contributed by atoms with Crippen LogP contribution in [0.3, 0.4) is 0 Å². The predicted octanol–water partition coefficient (Wildman–Crippen LogP) is 3.78. The van der Waals surface area contributed by atoms with E-state index in [1.807, 2.05) is 0 Å². The lowest BCUT2D eigenvalue weighted by Crippen LogP contribution is -1.82. The first-order chi connectivity index (χ1) is 5.38. The van der Waals surface area contributed by atoms with Gasteiger partial charge in [-0.15, -0.1) is 6.58 Å². The molecule has 0 aromatic rings. The van der Waals surface area contributed by atoms with Crippen LogP contribution in [0.5, 0.6) is 0 Å². The van der Waals surface area contributed by atoms with Crippen LogP contribution >= 0.6 is 0 Å². The van der Waals surface area contributed by atoms with Crippen molar-refractivity contribution in [3.8, 4) is 0 Å². The first kappa shape index (κ1) is 8.83. The molecule has 11 heavy (non-hydrogen) atoms. The maximum Gasteiger partial charge on any atom is -0.0351 e. The van der Waals surface area contributed by atoms with Crippen LogP contribution in [0, 0.1) is 11.8 Å². The molecule has 0 radical (unpaired) electrons. The average Bonchev–Trinajstić information content (AvgIpc) is 2.76. The molecule has 0 spiro atoms. The van der Waals surface area contributed by atoms with E-state index >= 15 is 0 Å². The van der Waals surface area contributed by atoms with Gasteiger partial charge in [-0.3, -0.25) is 0 Å². The Bertz CT molecular complexity index is 115. The number of hydrogen-bond acceptors (Lipinski definition) is 0. The second-order valence-electron chi connectivity index (χ2n) is 3.76. The lowest BCUT2D eigenvalue weighted by Gasteiger charge is -1.95. The predicted molar refractivity (Wildman–Crippen MR) is 50.6 cm³/mol. The Hall–Kier alpha value is -0.260. The van der Waals surface area contributed by atoms with Crippen LogP contribution < -0.4 is 0 Å². The molecule has 1 fully saturated rings. The summed E-state index contributed by atoms with van der Waals surface area (Å²) in [6.07, 6.45) is 10.5. The molecule has 0 aliphatic heterocycles. The molecule has 1 saturated carbocycles. The van der Waals surface area contributed by atoms with Gasteiger partial charge in [0.05, 0.1) is 0 Å². The quantitative estimate of drug-likeness (QED) is 0.508. The molecule has 64 valence electrons. The molecule has 0 unspecified atom stereocenters. The van der Waals surface area contributed by atoms with E-state index in [1.165, 1.54) is 38.5 Å². The standard InChI is InChI=1S/C11H20/c1-3-5-7-10-9-11(10)8-6-4-2/h3,10-11H,1,4-9H2,2H3/t10-,11+/m1/s1. The molecule has 0 heteroatoms. The zero-order valence-electron chi connectivity index (χ0n) is 7.68. The fourth-order valence-electron chi connectivity index (χ4n) is 1.82. The van der Waals surface area contributed by atoms with E-state index in [2.05, 4.69) is 19.6 Å². The van der Waals surface area contributed by atoms with Gasteiger partial charge in [0.1, 0.15) is 0 Å². The monoisotopic (exact) mass is 152 g/mol. The summed E-state index contributed by atoms with van der Waals surface area (Å²) in [5, 5.41) is 0. The van der Waals surface area contributed by atoms with Gasteiger partial charge in [0, 0.05) is 0 Å². The first-order valence-corrected chi connectivity index (χ1v) is 4.99. The number of allylic oxidation sites excluding steroid dienone is 1. The normalized spacial score (nSPS) is 28.5. The zero-order chi connectivity index (χ0) is 8.10. The van der Waals surface area contributed by atoms with E-state index in [-0.39, 0.29) is 0 Å². The highest BCUT2D eigenvalue weighted by Gasteiger charge is 2.34. The van der Waals surface area contributed by atoms with Crippen molar-refractivity contribution < 1.29 is 0 Å². The summed E-state index contributed by atoms with van der Waals surface area (Å²) in [5.74, 6) is 2.16. The molecule has 0 aromatic heterocycles. The zero-order valence-corrected chi connectivity index (χ0v) is 7.68. The third-order valence-corrected chi connectivity index (χ3v) is 2.74. The Labute approximate surface area is 70.7 Å². The minimum absolute atomic E-state index is 1.07. The summed E-state index contributed by atoms with van der Waals surface area (Å²) in [5.41, 5.74) is 0. The highest BCUT2D eigenvalue weighted by Crippen LogP contribution is 2.45. The molecule has 1 aliphatic rings. The Morgan fingerprint density at radius 3 is 2.73 bits per heavy atom. The third-order valence-electron chi connectivity index (χ3n) is 2.74. The van der Waals surface area contributed by atoms with Crippen molar-refractivity contribution in [1.29, 1.82) is 0 Å². The smallest absolute Gasteiger partial charge is 0.0351 e. The van der Waals surface area contributed by atoms with Crippen molar-refractivity contribution in [1.82, 2.24) is 0 Å². The number of hydrogen-bond donors (Lipinski definition) is 0. The van der Waals surface area contributed by atoms with Gasteiger partial charge in [0.2, 0.25) is 0 Å². The van der Waals surface area contributed by atoms with Crippen molar-refractivity contribution in [2.45, 2.75) is 45.4 Å². The van der Waals surface area contributed by atoms with Gasteiger partial charge in [-0.05, 0) is 31.1 Å². The van der Waals surface area contributed by atoms with Crippen LogP contribution in [0.1, 0.15) is 45.4 Å². The molecule has 2 atom stereocenters. The summed E-state index contributed by atoms with van der Waals surface area (Å²) in [7, 11) is 0. The largest absolute Gasteiger partial charge is 0.103 e. The molecule has 1 aliphatic carbocycles. The molecule has 0 amide bonds. The molecule has 0 saturated heterocycles. The lowest BCUT2D eigenvalue weighted by molar-refractivity contribution is 0.582. The molecular formula is C11H20. The molecule has 0 heterocycles. The molecule has 0 bridgehead atoms. The van der Waals surface area contributed by atoms with Gasteiger partial charge >= 0.3 is 0 Å². The average molecular weight is 152 g/mol. The maximum atomic E-state index is 3.75. The van der Waals surface area contributed by atoms with E-state index < -0.39 is 0 Å². The highest BCUT2D eigenvalue weighted by molar-refractivity contribution is 4.87. The molecule has 0 N–H and O–H groups in total. The van der Waals surface area contributed by atoms with Crippen LogP contribution in [-0.2, 0) is 0 Å². The summed E-state index contributed by atoms with van der Waals surface area (Å²) in [6.45, 7) is 6.03. The van der Waals surface area contributed by atoms with E-state index in [4.69, 9.17) is 0 Å².